The number of rotatable bonds is 4. The van der Waals surface area contributed by atoms with Crippen molar-refractivity contribution >= 4 is 11.6 Å². The van der Waals surface area contributed by atoms with Crippen molar-refractivity contribution in [1.82, 2.24) is 0 Å². The van der Waals surface area contributed by atoms with Crippen LogP contribution in [0, 0.1) is 13.8 Å². The number of benzene rings is 2. The van der Waals surface area contributed by atoms with Gasteiger partial charge in [-0.3, -0.25) is 4.79 Å². The molecule has 0 atom stereocenters. The van der Waals surface area contributed by atoms with E-state index in [2.05, 4.69) is 17.4 Å². The van der Waals surface area contributed by atoms with E-state index >= 15 is 0 Å². The van der Waals surface area contributed by atoms with Gasteiger partial charge in [0.25, 0.3) is 5.91 Å². The van der Waals surface area contributed by atoms with Crippen LogP contribution in [0.25, 0.3) is 0 Å². The molecule has 0 aliphatic heterocycles. The van der Waals surface area contributed by atoms with Crippen molar-refractivity contribution in [2.24, 2.45) is 0 Å². The lowest BCUT2D eigenvalue weighted by Crippen LogP contribution is -2.20. The number of ether oxygens (including phenoxy) is 1. The minimum Gasteiger partial charge on any atom is -0.483 e. The largest absolute Gasteiger partial charge is 0.483 e. The standard InChI is InChI=1S/C19H21NO2/c1-13-6-9-18(14(2)10-13)22-12-19(21)20-17-8-7-15-4-3-5-16(15)11-17/h6-11H,3-5,12H2,1-2H3,(H,20,21). The number of anilines is 1. The van der Waals surface area contributed by atoms with Crippen molar-refractivity contribution in [3.63, 3.8) is 0 Å². The SMILES string of the molecule is Cc1ccc(OCC(=O)Nc2ccc3c(c2)CCC3)c(C)c1. The van der Waals surface area contributed by atoms with Gasteiger partial charge in [0, 0.05) is 5.69 Å². The van der Waals surface area contributed by atoms with Crippen molar-refractivity contribution in [2.75, 3.05) is 11.9 Å². The molecule has 0 radical (unpaired) electrons. The quantitative estimate of drug-likeness (QED) is 0.931. The normalized spacial score (nSPS) is 12.8. The fourth-order valence-corrected chi connectivity index (χ4v) is 2.95. The first-order chi connectivity index (χ1) is 10.6. The number of carbonyl (C=O) groups is 1. The Morgan fingerprint density at radius 1 is 1.09 bits per heavy atom. The first-order valence-corrected chi connectivity index (χ1v) is 7.73. The number of hydrogen-bond acceptors (Lipinski definition) is 2. The summed E-state index contributed by atoms with van der Waals surface area (Å²) in [6, 6.07) is 12.1. The van der Waals surface area contributed by atoms with Crippen LogP contribution in [0.15, 0.2) is 36.4 Å². The van der Waals surface area contributed by atoms with Crippen molar-refractivity contribution in [3.8, 4) is 5.75 Å². The molecule has 0 spiro atoms. The van der Waals surface area contributed by atoms with Gasteiger partial charge >= 0.3 is 0 Å². The van der Waals surface area contributed by atoms with E-state index in [1.54, 1.807) is 0 Å². The molecule has 1 amide bonds. The molecule has 1 aliphatic rings. The van der Waals surface area contributed by atoms with E-state index in [0.717, 1.165) is 29.8 Å². The van der Waals surface area contributed by atoms with Gasteiger partial charge in [-0.15, -0.1) is 0 Å². The number of amides is 1. The Morgan fingerprint density at radius 3 is 2.73 bits per heavy atom. The summed E-state index contributed by atoms with van der Waals surface area (Å²) in [4.78, 5) is 12.0. The van der Waals surface area contributed by atoms with E-state index in [9.17, 15) is 4.79 Å². The van der Waals surface area contributed by atoms with E-state index < -0.39 is 0 Å². The van der Waals surface area contributed by atoms with Crippen LogP contribution in [-0.4, -0.2) is 12.5 Å². The summed E-state index contributed by atoms with van der Waals surface area (Å²) < 4.78 is 5.61. The minimum absolute atomic E-state index is 0.0288. The molecule has 3 heteroatoms. The van der Waals surface area contributed by atoms with Gasteiger partial charge in [0.05, 0.1) is 0 Å². The minimum atomic E-state index is -0.127. The second-order valence-corrected chi connectivity index (χ2v) is 5.94. The van der Waals surface area contributed by atoms with Crippen LogP contribution in [0.5, 0.6) is 5.75 Å². The van der Waals surface area contributed by atoms with Crippen LogP contribution in [0.3, 0.4) is 0 Å². The summed E-state index contributed by atoms with van der Waals surface area (Å²) in [5.41, 5.74) is 5.85. The maximum atomic E-state index is 12.0. The van der Waals surface area contributed by atoms with Crippen molar-refractivity contribution in [2.45, 2.75) is 33.1 Å². The molecular formula is C19H21NO2. The zero-order chi connectivity index (χ0) is 15.5. The Labute approximate surface area is 131 Å². The zero-order valence-corrected chi connectivity index (χ0v) is 13.1. The summed E-state index contributed by atoms with van der Waals surface area (Å²) in [7, 11) is 0. The van der Waals surface area contributed by atoms with Crippen LogP contribution in [0.1, 0.15) is 28.7 Å². The van der Waals surface area contributed by atoms with Crippen molar-refractivity contribution in [3.05, 3.63) is 58.7 Å². The molecule has 22 heavy (non-hydrogen) atoms. The molecule has 0 fully saturated rings. The van der Waals surface area contributed by atoms with Crippen LogP contribution in [0.2, 0.25) is 0 Å². The van der Waals surface area contributed by atoms with Crippen LogP contribution in [0.4, 0.5) is 5.69 Å². The molecule has 0 saturated heterocycles. The molecule has 2 aromatic carbocycles. The third kappa shape index (κ3) is 3.30. The van der Waals surface area contributed by atoms with E-state index in [1.807, 2.05) is 38.1 Å². The summed E-state index contributed by atoms with van der Waals surface area (Å²) in [5, 5.41) is 2.91. The number of nitrogens with one attached hydrogen (secondary N) is 1. The molecular weight excluding hydrogens is 274 g/mol. The highest BCUT2D eigenvalue weighted by Gasteiger charge is 2.12. The molecule has 0 bridgehead atoms. The monoisotopic (exact) mass is 295 g/mol. The van der Waals surface area contributed by atoms with Crippen LogP contribution >= 0.6 is 0 Å². The number of carbonyl (C=O) groups excluding carboxylic acids is 1. The van der Waals surface area contributed by atoms with Gasteiger partial charge in [-0.1, -0.05) is 23.8 Å². The lowest BCUT2D eigenvalue weighted by atomic mass is 10.1. The third-order valence-electron chi connectivity index (χ3n) is 4.07. The summed E-state index contributed by atoms with van der Waals surface area (Å²) in [6.45, 7) is 4.05. The fraction of sp³-hybridized carbons (Fsp3) is 0.316. The second kappa shape index (κ2) is 6.22. The van der Waals surface area contributed by atoms with Crippen LogP contribution in [-0.2, 0) is 17.6 Å². The van der Waals surface area contributed by atoms with Gasteiger partial charge in [-0.05, 0) is 68.0 Å². The maximum absolute atomic E-state index is 12.0. The van der Waals surface area contributed by atoms with Gasteiger partial charge in [-0.2, -0.15) is 0 Å². The Balaban J connectivity index is 1.58. The summed E-state index contributed by atoms with van der Waals surface area (Å²) >= 11 is 0. The Kier molecular flexibility index (Phi) is 4.14. The molecule has 0 unspecified atom stereocenters. The van der Waals surface area contributed by atoms with E-state index in [0.29, 0.717) is 0 Å². The second-order valence-electron chi connectivity index (χ2n) is 5.94. The highest BCUT2D eigenvalue weighted by molar-refractivity contribution is 5.92. The predicted molar refractivity (Wildman–Crippen MR) is 88.5 cm³/mol. The van der Waals surface area contributed by atoms with E-state index in [1.165, 1.54) is 23.1 Å². The molecule has 3 rings (SSSR count). The first kappa shape index (κ1) is 14.6. The third-order valence-corrected chi connectivity index (χ3v) is 4.07. The predicted octanol–water partition coefficient (Wildman–Crippen LogP) is 3.81. The smallest absolute Gasteiger partial charge is 0.262 e. The molecule has 0 aromatic heterocycles. The molecule has 0 heterocycles. The van der Waals surface area contributed by atoms with E-state index in [-0.39, 0.29) is 12.5 Å². The number of hydrogen-bond donors (Lipinski definition) is 1. The number of fused-ring (bicyclic) bond motifs is 1. The van der Waals surface area contributed by atoms with E-state index in [4.69, 9.17) is 4.74 Å². The van der Waals surface area contributed by atoms with Gasteiger partial charge in [0.15, 0.2) is 6.61 Å². The average molecular weight is 295 g/mol. The van der Waals surface area contributed by atoms with Gasteiger partial charge in [0.2, 0.25) is 0 Å². The van der Waals surface area contributed by atoms with Gasteiger partial charge < -0.3 is 10.1 Å². The fourth-order valence-electron chi connectivity index (χ4n) is 2.95. The maximum Gasteiger partial charge on any atom is 0.262 e. The van der Waals surface area contributed by atoms with Gasteiger partial charge in [0.1, 0.15) is 5.75 Å². The van der Waals surface area contributed by atoms with Crippen LogP contribution < -0.4 is 10.1 Å². The molecule has 1 aliphatic carbocycles. The molecule has 114 valence electrons. The zero-order valence-electron chi connectivity index (χ0n) is 13.1. The highest BCUT2D eigenvalue weighted by Crippen LogP contribution is 2.25. The Bertz CT molecular complexity index is 707. The topological polar surface area (TPSA) is 38.3 Å². The first-order valence-electron chi connectivity index (χ1n) is 7.73. The molecule has 1 N–H and O–H groups in total. The Hall–Kier alpha value is -2.29. The lowest BCUT2D eigenvalue weighted by molar-refractivity contribution is -0.118. The Morgan fingerprint density at radius 2 is 1.91 bits per heavy atom. The molecule has 0 saturated carbocycles. The van der Waals surface area contributed by atoms with Crippen molar-refractivity contribution in [1.29, 1.82) is 0 Å². The molecule has 3 nitrogen and oxygen atoms in total. The van der Waals surface area contributed by atoms with Gasteiger partial charge in [-0.25, -0.2) is 0 Å². The highest BCUT2D eigenvalue weighted by atomic mass is 16.5. The summed E-state index contributed by atoms with van der Waals surface area (Å²) in [5.74, 6) is 0.632. The number of aryl methyl sites for hydroxylation is 4. The van der Waals surface area contributed by atoms with Crippen molar-refractivity contribution < 1.29 is 9.53 Å². The average Bonchev–Trinajstić information content (AvgIpc) is 2.94. The molecule has 2 aromatic rings. The summed E-state index contributed by atoms with van der Waals surface area (Å²) in [6.07, 6.45) is 3.47. The lowest BCUT2D eigenvalue weighted by Gasteiger charge is -2.11.